The van der Waals surface area contributed by atoms with E-state index in [0.29, 0.717) is 19.0 Å². The van der Waals surface area contributed by atoms with Crippen molar-refractivity contribution in [1.29, 1.82) is 0 Å². The van der Waals surface area contributed by atoms with Crippen molar-refractivity contribution in [3.63, 3.8) is 0 Å². The first-order valence-electron chi connectivity index (χ1n) is 5.78. The monoisotopic (exact) mass is 241 g/mol. The fourth-order valence-corrected chi connectivity index (χ4v) is 1.58. The third-order valence-corrected chi connectivity index (χ3v) is 2.45. The third kappa shape index (κ3) is 4.71. The SMILES string of the molecule is CCNC(COC)COc1cc(F)ccc1C. The lowest BCUT2D eigenvalue weighted by Gasteiger charge is -2.18. The Morgan fingerprint density at radius 2 is 2.12 bits per heavy atom. The molecule has 1 atom stereocenters. The molecule has 4 heteroatoms. The first kappa shape index (κ1) is 13.9. The summed E-state index contributed by atoms with van der Waals surface area (Å²) in [6, 6.07) is 4.67. The standard InChI is InChI=1S/C13H20FNO2/c1-4-15-12(8-16-3)9-17-13-7-11(14)6-5-10(13)2/h5-7,12,15H,4,8-9H2,1-3H3. The largest absolute Gasteiger partial charge is 0.491 e. The second-order valence-electron chi connectivity index (χ2n) is 3.93. The van der Waals surface area contributed by atoms with Gasteiger partial charge in [-0.2, -0.15) is 0 Å². The number of nitrogens with one attached hydrogen (secondary N) is 1. The molecule has 0 aliphatic rings. The lowest BCUT2D eigenvalue weighted by molar-refractivity contribution is 0.136. The number of rotatable bonds is 7. The van der Waals surface area contributed by atoms with Crippen LogP contribution in [0.3, 0.4) is 0 Å². The highest BCUT2D eigenvalue weighted by atomic mass is 19.1. The minimum atomic E-state index is -0.280. The normalized spacial score (nSPS) is 12.5. The molecule has 0 amide bonds. The summed E-state index contributed by atoms with van der Waals surface area (Å²) in [5.74, 6) is 0.307. The van der Waals surface area contributed by atoms with Crippen molar-refractivity contribution in [1.82, 2.24) is 5.32 Å². The molecular weight excluding hydrogens is 221 g/mol. The Bertz CT molecular complexity index is 338. The Labute approximate surface area is 102 Å². The predicted molar refractivity (Wildman–Crippen MR) is 66.0 cm³/mol. The number of aryl methyl sites for hydroxylation is 1. The van der Waals surface area contributed by atoms with Crippen molar-refractivity contribution in [3.05, 3.63) is 29.6 Å². The second kappa shape index (κ2) is 7.25. The van der Waals surface area contributed by atoms with Crippen LogP contribution in [0.1, 0.15) is 12.5 Å². The molecule has 1 N–H and O–H groups in total. The Morgan fingerprint density at radius 1 is 1.35 bits per heavy atom. The van der Waals surface area contributed by atoms with Crippen LogP contribution in [-0.4, -0.2) is 32.9 Å². The van der Waals surface area contributed by atoms with E-state index in [-0.39, 0.29) is 11.9 Å². The summed E-state index contributed by atoms with van der Waals surface area (Å²) in [5.41, 5.74) is 0.930. The minimum absolute atomic E-state index is 0.118. The number of halogens is 1. The minimum Gasteiger partial charge on any atom is -0.491 e. The van der Waals surface area contributed by atoms with Gasteiger partial charge in [0, 0.05) is 13.2 Å². The molecule has 1 rings (SSSR count). The van der Waals surface area contributed by atoms with Gasteiger partial charge in [0.05, 0.1) is 12.6 Å². The molecule has 0 saturated carbocycles. The van der Waals surface area contributed by atoms with Crippen molar-refractivity contribution >= 4 is 0 Å². The van der Waals surface area contributed by atoms with E-state index >= 15 is 0 Å². The first-order chi connectivity index (χ1) is 8.17. The van der Waals surface area contributed by atoms with Crippen LogP contribution in [0, 0.1) is 12.7 Å². The van der Waals surface area contributed by atoms with Crippen LogP contribution in [0.2, 0.25) is 0 Å². The molecule has 0 saturated heterocycles. The fourth-order valence-electron chi connectivity index (χ4n) is 1.58. The van der Waals surface area contributed by atoms with Crippen LogP contribution in [-0.2, 0) is 4.74 Å². The number of hydrogen-bond acceptors (Lipinski definition) is 3. The van der Waals surface area contributed by atoms with Gasteiger partial charge in [-0.25, -0.2) is 4.39 Å². The molecule has 0 radical (unpaired) electrons. The van der Waals surface area contributed by atoms with Gasteiger partial charge >= 0.3 is 0 Å². The average molecular weight is 241 g/mol. The summed E-state index contributed by atoms with van der Waals surface area (Å²) >= 11 is 0. The molecule has 0 aliphatic heterocycles. The van der Waals surface area contributed by atoms with Gasteiger partial charge in [0.15, 0.2) is 0 Å². The second-order valence-corrected chi connectivity index (χ2v) is 3.93. The van der Waals surface area contributed by atoms with E-state index in [1.54, 1.807) is 13.2 Å². The van der Waals surface area contributed by atoms with Gasteiger partial charge in [-0.3, -0.25) is 0 Å². The molecule has 0 aliphatic carbocycles. The van der Waals surface area contributed by atoms with E-state index in [9.17, 15) is 4.39 Å². The zero-order chi connectivity index (χ0) is 12.7. The van der Waals surface area contributed by atoms with Crippen molar-refractivity contribution in [3.8, 4) is 5.75 Å². The molecule has 1 aromatic rings. The maximum absolute atomic E-state index is 13.0. The van der Waals surface area contributed by atoms with Gasteiger partial charge < -0.3 is 14.8 Å². The van der Waals surface area contributed by atoms with Gasteiger partial charge in [0.2, 0.25) is 0 Å². The molecule has 17 heavy (non-hydrogen) atoms. The highest BCUT2D eigenvalue weighted by Crippen LogP contribution is 2.18. The van der Waals surface area contributed by atoms with Crippen LogP contribution < -0.4 is 10.1 Å². The quantitative estimate of drug-likeness (QED) is 0.793. The number of ether oxygens (including phenoxy) is 2. The Balaban J connectivity index is 2.55. The maximum atomic E-state index is 13.0. The highest BCUT2D eigenvalue weighted by Gasteiger charge is 2.09. The molecule has 0 bridgehead atoms. The average Bonchev–Trinajstić information content (AvgIpc) is 2.30. The Morgan fingerprint density at radius 3 is 2.76 bits per heavy atom. The van der Waals surface area contributed by atoms with Gasteiger partial charge in [-0.15, -0.1) is 0 Å². The number of likely N-dealkylation sites (N-methyl/N-ethyl adjacent to an activating group) is 1. The summed E-state index contributed by atoms with van der Waals surface area (Å²) in [4.78, 5) is 0. The van der Waals surface area contributed by atoms with E-state index < -0.39 is 0 Å². The molecular formula is C13H20FNO2. The predicted octanol–water partition coefficient (Wildman–Crippen LogP) is 2.14. The number of methoxy groups -OCH3 is 1. The summed E-state index contributed by atoms with van der Waals surface area (Å²) in [6.07, 6.45) is 0. The van der Waals surface area contributed by atoms with Crippen LogP contribution in [0.15, 0.2) is 18.2 Å². The van der Waals surface area contributed by atoms with E-state index in [4.69, 9.17) is 9.47 Å². The third-order valence-electron chi connectivity index (χ3n) is 2.45. The summed E-state index contributed by atoms with van der Waals surface area (Å²) in [6.45, 7) is 5.80. The van der Waals surface area contributed by atoms with Gasteiger partial charge in [0.1, 0.15) is 18.2 Å². The van der Waals surface area contributed by atoms with Crippen LogP contribution in [0.5, 0.6) is 5.75 Å². The van der Waals surface area contributed by atoms with E-state index in [1.807, 2.05) is 13.8 Å². The van der Waals surface area contributed by atoms with Crippen molar-refractivity contribution < 1.29 is 13.9 Å². The zero-order valence-electron chi connectivity index (χ0n) is 10.6. The van der Waals surface area contributed by atoms with Gasteiger partial charge in [-0.05, 0) is 25.1 Å². The molecule has 0 heterocycles. The number of hydrogen-bond donors (Lipinski definition) is 1. The zero-order valence-corrected chi connectivity index (χ0v) is 10.6. The smallest absolute Gasteiger partial charge is 0.126 e. The van der Waals surface area contributed by atoms with E-state index in [2.05, 4.69) is 5.32 Å². The lowest BCUT2D eigenvalue weighted by Crippen LogP contribution is -2.38. The summed E-state index contributed by atoms with van der Waals surface area (Å²) in [5, 5.41) is 3.24. The van der Waals surface area contributed by atoms with E-state index in [0.717, 1.165) is 12.1 Å². The van der Waals surface area contributed by atoms with Gasteiger partial charge in [0.25, 0.3) is 0 Å². The highest BCUT2D eigenvalue weighted by molar-refractivity contribution is 5.32. The van der Waals surface area contributed by atoms with Gasteiger partial charge in [-0.1, -0.05) is 13.0 Å². The van der Waals surface area contributed by atoms with Crippen molar-refractivity contribution in [2.45, 2.75) is 19.9 Å². The molecule has 0 spiro atoms. The molecule has 0 fully saturated rings. The lowest BCUT2D eigenvalue weighted by atomic mass is 10.2. The Hall–Kier alpha value is -1.13. The van der Waals surface area contributed by atoms with Crippen LogP contribution >= 0.6 is 0 Å². The molecule has 0 aromatic heterocycles. The van der Waals surface area contributed by atoms with Crippen LogP contribution in [0.25, 0.3) is 0 Å². The molecule has 3 nitrogen and oxygen atoms in total. The van der Waals surface area contributed by atoms with E-state index in [1.165, 1.54) is 12.1 Å². The Kier molecular flexibility index (Phi) is 5.94. The molecule has 1 aromatic carbocycles. The van der Waals surface area contributed by atoms with Crippen LogP contribution in [0.4, 0.5) is 4.39 Å². The molecule has 96 valence electrons. The maximum Gasteiger partial charge on any atom is 0.126 e. The summed E-state index contributed by atoms with van der Waals surface area (Å²) in [7, 11) is 1.65. The fraction of sp³-hybridized carbons (Fsp3) is 0.538. The number of benzene rings is 1. The van der Waals surface area contributed by atoms with Crippen molar-refractivity contribution in [2.75, 3.05) is 26.9 Å². The summed E-state index contributed by atoms with van der Waals surface area (Å²) < 4.78 is 23.7. The first-order valence-corrected chi connectivity index (χ1v) is 5.78. The van der Waals surface area contributed by atoms with Crippen molar-refractivity contribution in [2.24, 2.45) is 0 Å². The topological polar surface area (TPSA) is 30.5 Å². The molecule has 1 unspecified atom stereocenters.